The SMILES string of the molecule is CCn1nc(CN2CCCC(NS(=O)(=O)c3cccc(F)c3)C2)c2c1CCOC2. The fourth-order valence-corrected chi connectivity index (χ4v) is 5.49. The van der Waals surface area contributed by atoms with Gasteiger partial charge in [-0.3, -0.25) is 9.58 Å². The molecule has 2 aliphatic heterocycles. The van der Waals surface area contributed by atoms with E-state index in [-0.39, 0.29) is 10.9 Å². The van der Waals surface area contributed by atoms with Crippen molar-refractivity contribution < 1.29 is 17.5 Å². The second kappa shape index (κ2) is 8.51. The number of aromatic nitrogens is 2. The Hall–Kier alpha value is -1.81. The van der Waals surface area contributed by atoms with E-state index in [0.29, 0.717) is 19.7 Å². The van der Waals surface area contributed by atoms with Gasteiger partial charge in [0.15, 0.2) is 0 Å². The Labute approximate surface area is 170 Å². The Kier molecular flexibility index (Phi) is 6.00. The van der Waals surface area contributed by atoms with E-state index < -0.39 is 15.8 Å². The molecule has 7 nitrogen and oxygen atoms in total. The van der Waals surface area contributed by atoms with Crippen molar-refractivity contribution in [3.05, 3.63) is 47.0 Å². The monoisotopic (exact) mass is 422 g/mol. The van der Waals surface area contributed by atoms with Crippen LogP contribution in [-0.2, 0) is 40.9 Å². The summed E-state index contributed by atoms with van der Waals surface area (Å²) in [4.78, 5) is 2.20. The molecule has 0 saturated carbocycles. The summed E-state index contributed by atoms with van der Waals surface area (Å²) >= 11 is 0. The quantitative estimate of drug-likeness (QED) is 0.771. The van der Waals surface area contributed by atoms with E-state index in [9.17, 15) is 12.8 Å². The Morgan fingerprint density at radius 2 is 2.24 bits per heavy atom. The molecule has 1 aromatic heterocycles. The van der Waals surface area contributed by atoms with Crippen LogP contribution in [0.5, 0.6) is 0 Å². The number of piperidine rings is 1. The van der Waals surface area contributed by atoms with Crippen molar-refractivity contribution in [3.8, 4) is 0 Å². The standard InChI is InChI=1S/C20H27FN4O3S/c1-2-25-20-8-10-28-14-18(20)19(22-25)13-24-9-4-6-16(12-24)23-29(26,27)17-7-3-5-15(21)11-17/h3,5,7,11,16,23H,2,4,6,8-10,12-14H2,1H3. The van der Waals surface area contributed by atoms with Gasteiger partial charge in [0.05, 0.1) is 23.8 Å². The molecular weight excluding hydrogens is 395 g/mol. The largest absolute Gasteiger partial charge is 0.376 e. The Morgan fingerprint density at radius 1 is 1.38 bits per heavy atom. The molecule has 1 N–H and O–H groups in total. The van der Waals surface area contributed by atoms with Crippen LogP contribution < -0.4 is 4.72 Å². The van der Waals surface area contributed by atoms with Crippen LogP contribution in [0.2, 0.25) is 0 Å². The molecule has 0 aliphatic carbocycles. The van der Waals surface area contributed by atoms with Crippen LogP contribution in [0.15, 0.2) is 29.2 Å². The van der Waals surface area contributed by atoms with E-state index in [1.165, 1.54) is 29.5 Å². The number of fused-ring (bicyclic) bond motifs is 1. The average molecular weight is 423 g/mol. The minimum Gasteiger partial charge on any atom is -0.376 e. The lowest BCUT2D eigenvalue weighted by molar-refractivity contribution is 0.107. The molecule has 0 bridgehead atoms. The lowest BCUT2D eigenvalue weighted by Crippen LogP contribution is -2.47. The summed E-state index contributed by atoms with van der Waals surface area (Å²) in [5, 5.41) is 4.78. The van der Waals surface area contributed by atoms with E-state index in [1.54, 1.807) is 0 Å². The normalized spacial score (nSPS) is 20.6. The van der Waals surface area contributed by atoms with Crippen LogP contribution in [0, 0.1) is 5.82 Å². The lowest BCUT2D eigenvalue weighted by Gasteiger charge is -2.32. The minimum atomic E-state index is -3.75. The van der Waals surface area contributed by atoms with Crippen molar-refractivity contribution >= 4 is 10.0 Å². The molecule has 1 unspecified atom stereocenters. The van der Waals surface area contributed by atoms with Gasteiger partial charge in [-0.1, -0.05) is 6.07 Å². The van der Waals surface area contributed by atoms with Crippen molar-refractivity contribution in [1.29, 1.82) is 0 Å². The summed E-state index contributed by atoms with van der Waals surface area (Å²) in [6, 6.07) is 4.90. The van der Waals surface area contributed by atoms with Crippen LogP contribution in [0.3, 0.4) is 0 Å². The summed E-state index contributed by atoms with van der Waals surface area (Å²) in [6.45, 7) is 6.41. The first-order chi connectivity index (χ1) is 14.0. The fraction of sp³-hybridized carbons (Fsp3) is 0.550. The molecule has 0 amide bonds. The van der Waals surface area contributed by atoms with Gasteiger partial charge < -0.3 is 4.74 Å². The van der Waals surface area contributed by atoms with Gasteiger partial charge in [0.25, 0.3) is 0 Å². The van der Waals surface area contributed by atoms with Gasteiger partial charge in [0.2, 0.25) is 10.0 Å². The number of likely N-dealkylation sites (tertiary alicyclic amines) is 1. The van der Waals surface area contributed by atoms with Gasteiger partial charge in [0.1, 0.15) is 5.82 Å². The predicted molar refractivity (Wildman–Crippen MR) is 106 cm³/mol. The second-order valence-corrected chi connectivity index (χ2v) is 9.36. The summed E-state index contributed by atoms with van der Waals surface area (Å²) in [5.41, 5.74) is 3.46. The maximum atomic E-state index is 13.4. The first-order valence-corrected chi connectivity index (χ1v) is 11.6. The first kappa shape index (κ1) is 20.5. The van der Waals surface area contributed by atoms with Crippen molar-refractivity contribution in [1.82, 2.24) is 19.4 Å². The number of benzene rings is 1. The minimum absolute atomic E-state index is 0.0393. The summed E-state index contributed by atoms with van der Waals surface area (Å²) in [6.07, 6.45) is 2.53. The molecule has 9 heteroatoms. The topological polar surface area (TPSA) is 76.5 Å². The van der Waals surface area contributed by atoms with Crippen molar-refractivity contribution in [3.63, 3.8) is 0 Å². The number of sulfonamides is 1. The van der Waals surface area contributed by atoms with Gasteiger partial charge in [-0.25, -0.2) is 17.5 Å². The first-order valence-electron chi connectivity index (χ1n) is 10.1. The molecule has 1 fully saturated rings. The molecule has 1 saturated heterocycles. The molecule has 4 rings (SSSR count). The fourth-order valence-electron chi connectivity index (χ4n) is 4.20. The smallest absolute Gasteiger partial charge is 0.240 e. The maximum Gasteiger partial charge on any atom is 0.240 e. The van der Waals surface area contributed by atoms with Crippen LogP contribution in [0.4, 0.5) is 4.39 Å². The molecule has 29 heavy (non-hydrogen) atoms. The number of nitrogens with one attached hydrogen (secondary N) is 1. The van der Waals surface area contributed by atoms with E-state index in [1.807, 2.05) is 0 Å². The van der Waals surface area contributed by atoms with Gasteiger partial charge in [0, 0.05) is 43.4 Å². The van der Waals surface area contributed by atoms with Gasteiger partial charge in [-0.15, -0.1) is 0 Å². The number of rotatable bonds is 6. The second-order valence-electron chi connectivity index (χ2n) is 7.64. The van der Waals surface area contributed by atoms with Crippen molar-refractivity contribution in [2.24, 2.45) is 0 Å². The Balaban J connectivity index is 1.45. The number of ether oxygens (including phenoxy) is 1. The third-order valence-corrected chi connectivity index (χ3v) is 7.10. The number of halogens is 1. The highest BCUT2D eigenvalue weighted by atomic mass is 32.2. The van der Waals surface area contributed by atoms with Crippen LogP contribution in [-0.4, -0.2) is 48.8 Å². The molecule has 3 heterocycles. The van der Waals surface area contributed by atoms with E-state index in [0.717, 1.165) is 50.7 Å². The van der Waals surface area contributed by atoms with E-state index in [2.05, 4.69) is 21.2 Å². The Bertz CT molecular complexity index is 976. The van der Waals surface area contributed by atoms with Crippen LogP contribution >= 0.6 is 0 Å². The summed E-state index contributed by atoms with van der Waals surface area (Å²) < 4.78 is 49.1. The summed E-state index contributed by atoms with van der Waals surface area (Å²) in [5.74, 6) is -0.559. The highest BCUT2D eigenvalue weighted by Crippen LogP contribution is 2.24. The number of aryl methyl sites for hydroxylation is 1. The van der Waals surface area contributed by atoms with Crippen LogP contribution in [0.25, 0.3) is 0 Å². The molecule has 2 aromatic rings. The molecule has 0 radical (unpaired) electrons. The van der Waals surface area contributed by atoms with Crippen LogP contribution in [0.1, 0.15) is 36.7 Å². The zero-order chi connectivity index (χ0) is 20.4. The van der Waals surface area contributed by atoms with Gasteiger partial charge in [-0.05, 0) is 44.5 Å². The maximum absolute atomic E-state index is 13.4. The average Bonchev–Trinajstić information content (AvgIpc) is 3.06. The van der Waals surface area contributed by atoms with E-state index >= 15 is 0 Å². The lowest BCUT2D eigenvalue weighted by atomic mass is 10.0. The zero-order valence-electron chi connectivity index (χ0n) is 16.6. The number of hydrogen-bond donors (Lipinski definition) is 1. The molecule has 1 aromatic carbocycles. The highest BCUT2D eigenvalue weighted by molar-refractivity contribution is 7.89. The molecule has 1 atom stereocenters. The van der Waals surface area contributed by atoms with Gasteiger partial charge in [-0.2, -0.15) is 5.10 Å². The molecule has 0 spiro atoms. The van der Waals surface area contributed by atoms with Crippen molar-refractivity contribution in [2.75, 3.05) is 19.7 Å². The Morgan fingerprint density at radius 3 is 3.03 bits per heavy atom. The number of nitrogens with zero attached hydrogens (tertiary/aromatic N) is 3. The third-order valence-electron chi connectivity index (χ3n) is 5.59. The third kappa shape index (κ3) is 4.53. The molecule has 2 aliphatic rings. The zero-order valence-corrected chi connectivity index (χ0v) is 17.4. The highest BCUT2D eigenvalue weighted by Gasteiger charge is 2.28. The van der Waals surface area contributed by atoms with E-state index in [4.69, 9.17) is 9.84 Å². The summed E-state index contributed by atoms with van der Waals surface area (Å²) in [7, 11) is -3.75. The van der Waals surface area contributed by atoms with Crippen molar-refractivity contribution in [2.45, 2.75) is 56.8 Å². The molecular formula is C20H27FN4O3S. The molecule has 158 valence electrons. The van der Waals surface area contributed by atoms with Gasteiger partial charge >= 0.3 is 0 Å². The number of hydrogen-bond acceptors (Lipinski definition) is 5. The predicted octanol–water partition coefficient (Wildman–Crippen LogP) is 2.06.